The van der Waals surface area contributed by atoms with Crippen molar-refractivity contribution in [1.29, 1.82) is 5.26 Å². The molecule has 6 heteroatoms. The zero-order valence-electron chi connectivity index (χ0n) is 9.66. The van der Waals surface area contributed by atoms with E-state index in [1.807, 2.05) is 6.92 Å². The van der Waals surface area contributed by atoms with Crippen LogP contribution in [0.1, 0.15) is 27.2 Å². The third-order valence-electron chi connectivity index (χ3n) is 1.75. The summed E-state index contributed by atoms with van der Waals surface area (Å²) < 4.78 is 24.6. The largest absolute Gasteiger partial charge is 0.311 e. The van der Waals surface area contributed by atoms with Crippen LogP contribution in [0.3, 0.4) is 0 Å². The molecule has 5 nitrogen and oxygen atoms in total. The standard InChI is InChI=1S/C9H19N3O2S/c1-8(5-6-10)11-7-9(2,3)12-15(4,13)14/h8,11-12H,5,7H2,1-4H3. The normalized spacial score (nSPS) is 14.6. The van der Waals surface area contributed by atoms with E-state index < -0.39 is 15.6 Å². The molecule has 0 saturated heterocycles. The average Bonchev–Trinajstić information content (AvgIpc) is 1.97. The first kappa shape index (κ1) is 14.4. The molecule has 1 unspecified atom stereocenters. The molecule has 0 saturated carbocycles. The monoisotopic (exact) mass is 233 g/mol. The molecule has 0 aliphatic rings. The fourth-order valence-corrected chi connectivity index (χ4v) is 2.25. The highest BCUT2D eigenvalue weighted by Gasteiger charge is 2.22. The molecule has 1 atom stereocenters. The molecule has 0 aliphatic carbocycles. The quantitative estimate of drug-likeness (QED) is 0.687. The molecule has 0 aromatic heterocycles. The van der Waals surface area contributed by atoms with Crippen molar-refractivity contribution in [2.45, 2.75) is 38.8 Å². The van der Waals surface area contributed by atoms with Crippen LogP contribution in [-0.2, 0) is 10.0 Å². The van der Waals surface area contributed by atoms with Gasteiger partial charge in [-0.25, -0.2) is 13.1 Å². The first-order chi connectivity index (χ1) is 6.66. The van der Waals surface area contributed by atoms with Crippen molar-refractivity contribution in [3.8, 4) is 6.07 Å². The highest BCUT2D eigenvalue weighted by molar-refractivity contribution is 7.88. The first-order valence-electron chi connectivity index (χ1n) is 4.75. The van der Waals surface area contributed by atoms with Crippen LogP contribution >= 0.6 is 0 Å². The zero-order valence-corrected chi connectivity index (χ0v) is 10.5. The van der Waals surface area contributed by atoms with E-state index in [2.05, 4.69) is 16.1 Å². The van der Waals surface area contributed by atoms with Crippen LogP contribution in [-0.4, -0.2) is 32.8 Å². The molecule has 0 aliphatic heterocycles. The number of nitrogens with one attached hydrogen (secondary N) is 2. The third kappa shape index (κ3) is 8.36. The fraction of sp³-hybridized carbons (Fsp3) is 0.889. The summed E-state index contributed by atoms with van der Waals surface area (Å²) in [6.07, 6.45) is 1.54. The van der Waals surface area contributed by atoms with E-state index in [0.29, 0.717) is 13.0 Å². The van der Waals surface area contributed by atoms with Crippen LogP contribution < -0.4 is 10.0 Å². The Morgan fingerprint density at radius 3 is 2.40 bits per heavy atom. The van der Waals surface area contributed by atoms with Crippen molar-refractivity contribution >= 4 is 10.0 Å². The Kier molecular flexibility index (Phi) is 5.21. The second-order valence-corrected chi connectivity index (χ2v) is 6.15. The van der Waals surface area contributed by atoms with E-state index in [0.717, 1.165) is 6.26 Å². The maximum Gasteiger partial charge on any atom is 0.209 e. The molecule has 0 fully saturated rings. The predicted octanol–water partition coefficient (Wildman–Crippen LogP) is 0.206. The third-order valence-corrected chi connectivity index (χ3v) is 2.68. The Bertz CT molecular complexity index is 330. The summed E-state index contributed by atoms with van der Waals surface area (Å²) in [6.45, 7) is 5.96. The molecule has 0 aromatic carbocycles. The van der Waals surface area contributed by atoms with E-state index in [1.54, 1.807) is 13.8 Å². The number of hydrogen-bond donors (Lipinski definition) is 2. The van der Waals surface area contributed by atoms with Gasteiger partial charge in [0.05, 0.1) is 18.7 Å². The van der Waals surface area contributed by atoms with Gasteiger partial charge < -0.3 is 5.32 Å². The Hall–Kier alpha value is -0.640. The summed E-state index contributed by atoms with van der Waals surface area (Å²) in [5.74, 6) is 0. The van der Waals surface area contributed by atoms with Gasteiger partial charge in [-0.2, -0.15) is 5.26 Å². The summed E-state index contributed by atoms with van der Waals surface area (Å²) >= 11 is 0. The number of rotatable bonds is 6. The van der Waals surface area contributed by atoms with Gasteiger partial charge >= 0.3 is 0 Å². The highest BCUT2D eigenvalue weighted by atomic mass is 32.2. The van der Waals surface area contributed by atoms with Crippen LogP contribution in [0.25, 0.3) is 0 Å². The summed E-state index contributed by atoms with van der Waals surface area (Å²) in [7, 11) is -3.20. The summed E-state index contributed by atoms with van der Waals surface area (Å²) in [5.41, 5.74) is -0.544. The highest BCUT2D eigenvalue weighted by Crippen LogP contribution is 2.03. The van der Waals surface area contributed by atoms with Gasteiger partial charge in [-0.1, -0.05) is 0 Å². The molecule has 0 bridgehead atoms. The molecule has 88 valence electrons. The SMILES string of the molecule is CC(CC#N)NCC(C)(C)NS(C)(=O)=O. The molecule has 0 rings (SSSR count). The minimum Gasteiger partial charge on any atom is -0.311 e. The Morgan fingerprint density at radius 2 is 2.00 bits per heavy atom. The van der Waals surface area contributed by atoms with E-state index in [-0.39, 0.29) is 6.04 Å². The molecule has 2 N–H and O–H groups in total. The van der Waals surface area contributed by atoms with Gasteiger partial charge in [-0.05, 0) is 20.8 Å². The van der Waals surface area contributed by atoms with Gasteiger partial charge in [0.15, 0.2) is 0 Å². The summed E-state index contributed by atoms with van der Waals surface area (Å²) in [4.78, 5) is 0. The van der Waals surface area contributed by atoms with Gasteiger partial charge in [0.25, 0.3) is 0 Å². The molecular formula is C9H19N3O2S. The van der Waals surface area contributed by atoms with Gasteiger partial charge in [0.1, 0.15) is 0 Å². The number of nitrogens with zero attached hydrogens (tertiary/aromatic N) is 1. The second-order valence-electron chi connectivity index (χ2n) is 4.40. The fourth-order valence-electron chi connectivity index (χ4n) is 1.18. The molecule has 15 heavy (non-hydrogen) atoms. The van der Waals surface area contributed by atoms with Crippen molar-refractivity contribution < 1.29 is 8.42 Å². The van der Waals surface area contributed by atoms with E-state index in [4.69, 9.17) is 5.26 Å². The van der Waals surface area contributed by atoms with Gasteiger partial charge in [-0.3, -0.25) is 0 Å². The molecule has 0 amide bonds. The lowest BCUT2D eigenvalue weighted by molar-refractivity contribution is 0.397. The number of sulfonamides is 1. The molecular weight excluding hydrogens is 214 g/mol. The van der Waals surface area contributed by atoms with Crippen molar-refractivity contribution in [3.63, 3.8) is 0 Å². The maximum atomic E-state index is 11.0. The smallest absolute Gasteiger partial charge is 0.209 e. The molecule has 0 spiro atoms. The zero-order chi connectivity index (χ0) is 12.1. The number of hydrogen-bond acceptors (Lipinski definition) is 4. The minimum atomic E-state index is -3.20. The first-order valence-corrected chi connectivity index (χ1v) is 6.65. The lowest BCUT2D eigenvalue weighted by atomic mass is 10.1. The van der Waals surface area contributed by atoms with Gasteiger partial charge in [0, 0.05) is 18.1 Å². The Balaban J connectivity index is 4.11. The lowest BCUT2D eigenvalue weighted by Crippen LogP contribution is -2.51. The predicted molar refractivity (Wildman–Crippen MR) is 59.8 cm³/mol. The van der Waals surface area contributed by atoms with Crippen LogP contribution in [0.5, 0.6) is 0 Å². The Morgan fingerprint density at radius 1 is 1.47 bits per heavy atom. The second kappa shape index (κ2) is 5.45. The van der Waals surface area contributed by atoms with E-state index in [9.17, 15) is 8.42 Å². The van der Waals surface area contributed by atoms with E-state index in [1.165, 1.54) is 0 Å². The van der Waals surface area contributed by atoms with Crippen LogP contribution in [0, 0.1) is 11.3 Å². The summed E-state index contributed by atoms with van der Waals surface area (Å²) in [5, 5.41) is 11.5. The van der Waals surface area contributed by atoms with Crippen molar-refractivity contribution in [3.05, 3.63) is 0 Å². The lowest BCUT2D eigenvalue weighted by Gasteiger charge is -2.26. The number of nitriles is 1. The maximum absolute atomic E-state index is 11.0. The van der Waals surface area contributed by atoms with Gasteiger partial charge in [0.2, 0.25) is 10.0 Å². The Labute approximate surface area is 91.9 Å². The molecule has 0 heterocycles. The topological polar surface area (TPSA) is 82.0 Å². The van der Waals surface area contributed by atoms with Crippen molar-refractivity contribution in [2.24, 2.45) is 0 Å². The van der Waals surface area contributed by atoms with Crippen LogP contribution in [0.4, 0.5) is 0 Å². The minimum absolute atomic E-state index is 0.0654. The molecule has 0 radical (unpaired) electrons. The molecule has 0 aromatic rings. The van der Waals surface area contributed by atoms with Gasteiger partial charge in [-0.15, -0.1) is 0 Å². The van der Waals surface area contributed by atoms with Crippen molar-refractivity contribution in [1.82, 2.24) is 10.0 Å². The van der Waals surface area contributed by atoms with E-state index >= 15 is 0 Å². The summed E-state index contributed by atoms with van der Waals surface area (Å²) in [6, 6.07) is 2.12. The van der Waals surface area contributed by atoms with Crippen LogP contribution in [0.15, 0.2) is 0 Å². The van der Waals surface area contributed by atoms with Crippen LogP contribution in [0.2, 0.25) is 0 Å². The average molecular weight is 233 g/mol. The van der Waals surface area contributed by atoms with Crippen molar-refractivity contribution in [2.75, 3.05) is 12.8 Å².